The first kappa shape index (κ1) is 16.1. The normalized spacial score (nSPS) is 12.7. The van der Waals surface area contributed by atoms with Crippen molar-refractivity contribution in [2.75, 3.05) is 6.54 Å². The van der Waals surface area contributed by atoms with Crippen LogP contribution in [0, 0.1) is 0 Å². The third kappa shape index (κ3) is 3.94. The molecule has 0 radical (unpaired) electrons. The van der Waals surface area contributed by atoms with Gasteiger partial charge in [0, 0.05) is 41.8 Å². The molecule has 0 spiro atoms. The van der Waals surface area contributed by atoms with E-state index in [-0.39, 0.29) is 6.10 Å². The van der Waals surface area contributed by atoms with Crippen LogP contribution in [-0.2, 0) is 13.1 Å². The Kier molecular flexibility index (Phi) is 5.01. The van der Waals surface area contributed by atoms with Crippen LogP contribution in [0.15, 0.2) is 54.7 Å². The van der Waals surface area contributed by atoms with Gasteiger partial charge in [-0.2, -0.15) is 0 Å². The molecule has 1 aromatic heterocycles. The molecule has 3 aromatic rings. The predicted molar refractivity (Wildman–Crippen MR) is 95.9 cm³/mol. The molecule has 0 unspecified atom stereocenters. The van der Waals surface area contributed by atoms with E-state index in [9.17, 15) is 5.11 Å². The summed E-state index contributed by atoms with van der Waals surface area (Å²) in [6.07, 6.45) is 1.84. The second kappa shape index (κ2) is 7.18. The highest BCUT2D eigenvalue weighted by Gasteiger charge is 2.09. The van der Waals surface area contributed by atoms with Gasteiger partial charge in [-0.25, -0.2) is 0 Å². The fraction of sp³-hybridized carbons (Fsp3) is 0.263. The van der Waals surface area contributed by atoms with E-state index in [1.165, 1.54) is 22.0 Å². The van der Waals surface area contributed by atoms with Gasteiger partial charge in [-0.05, 0) is 36.2 Å². The van der Waals surface area contributed by atoms with Gasteiger partial charge in [0.1, 0.15) is 0 Å². The van der Waals surface area contributed by atoms with Crippen molar-refractivity contribution in [1.29, 1.82) is 0 Å². The molecule has 2 N–H and O–H groups in total. The van der Waals surface area contributed by atoms with Crippen molar-refractivity contribution < 1.29 is 5.11 Å². The van der Waals surface area contributed by atoms with Crippen molar-refractivity contribution in [3.05, 3.63) is 70.9 Å². The number of aliphatic hydroxyl groups excluding tert-OH is 1. The van der Waals surface area contributed by atoms with E-state index in [4.69, 9.17) is 11.6 Å². The minimum atomic E-state index is -0.338. The van der Waals surface area contributed by atoms with Gasteiger partial charge in [-0.15, -0.1) is 0 Å². The topological polar surface area (TPSA) is 37.2 Å². The third-order valence-corrected chi connectivity index (χ3v) is 4.10. The quantitative estimate of drug-likeness (QED) is 0.722. The Bertz CT molecular complexity index is 795. The SMILES string of the molecule is C[C@@H](O)CNCc1cn(Cc2cccc(Cl)c2)c2ccccc12. The lowest BCUT2D eigenvalue weighted by molar-refractivity contribution is 0.191. The fourth-order valence-electron chi connectivity index (χ4n) is 2.84. The molecular weight excluding hydrogens is 308 g/mol. The Hall–Kier alpha value is -1.81. The van der Waals surface area contributed by atoms with Gasteiger partial charge in [0.05, 0.1) is 6.10 Å². The molecule has 2 aromatic carbocycles. The Morgan fingerprint density at radius 1 is 1.17 bits per heavy atom. The highest BCUT2D eigenvalue weighted by molar-refractivity contribution is 6.30. The molecule has 3 rings (SSSR count). The average Bonchev–Trinajstić information content (AvgIpc) is 2.85. The molecule has 0 bridgehead atoms. The predicted octanol–water partition coefficient (Wildman–Crippen LogP) is 3.81. The van der Waals surface area contributed by atoms with Crippen molar-refractivity contribution in [3.8, 4) is 0 Å². The van der Waals surface area contributed by atoms with Crippen LogP contribution in [0.1, 0.15) is 18.1 Å². The lowest BCUT2D eigenvalue weighted by Crippen LogP contribution is -2.23. The van der Waals surface area contributed by atoms with E-state index in [1.54, 1.807) is 6.92 Å². The van der Waals surface area contributed by atoms with Crippen LogP contribution in [0.3, 0.4) is 0 Å². The molecule has 0 saturated heterocycles. The first-order valence-electron chi connectivity index (χ1n) is 7.83. The maximum Gasteiger partial charge on any atom is 0.0636 e. The largest absolute Gasteiger partial charge is 0.392 e. The smallest absolute Gasteiger partial charge is 0.0636 e. The maximum absolute atomic E-state index is 9.39. The molecule has 0 aliphatic rings. The molecule has 120 valence electrons. The molecule has 0 aliphatic heterocycles. The van der Waals surface area contributed by atoms with Crippen LogP contribution in [0.2, 0.25) is 5.02 Å². The van der Waals surface area contributed by atoms with E-state index >= 15 is 0 Å². The van der Waals surface area contributed by atoms with E-state index in [2.05, 4.69) is 46.4 Å². The van der Waals surface area contributed by atoms with E-state index < -0.39 is 0 Å². The number of nitrogens with zero attached hydrogens (tertiary/aromatic N) is 1. The van der Waals surface area contributed by atoms with E-state index in [0.29, 0.717) is 6.54 Å². The molecular formula is C19H21ClN2O. The van der Waals surface area contributed by atoms with Crippen molar-refractivity contribution in [2.45, 2.75) is 26.1 Å². The Balaban J connectivity index is 1.88. The van der Waals surface area contributed by atoms with Gasteiger partial charge in [-0.3, -0.25) is 0 Å². The Labute approximate surface area is 141 Å². The summed E-state index contributed by atoms with van der Waals surface area (Å²) in [5.74, 6) is 0. The second-order valence-electron chi connectivity index (χ2n) is 5.91. The summed E-state index contributed by atoms with van der Waals surface area (Å²) in [5.41, 5.74) is 3.63. The number of nitrogens with one attached hydrogen (secondary N) is 1. The number of aliphatic hydroxyl groups is 1. The van der Waals surface area contributed by atoms with Crippen molar-refractivity contribution in [2.24, 2.45) is 0 Å². The van der Waals surface area contributed by atoms with Crippen LogP contribution >= 0.6 is 11.6 Å². The van der Waals surface area contributed by atoms with Gasteiger partial charge in [0.25, 0.3) is 0 Å². The van der Waals surface area contributed by atoms with Gasteiger partial charge in [-0.1, -0.05) is 41.9 Å². The number of hydrogen-bond acceptors (Lipinski definition) is 2. The van der Waals surface area contributed by atoms with Gasteiger partial charge in [0.2, 0.25) is 0 Å². The highest BCUT2D eigenvalue weighted by atomic mass is 35.5. The van der Waals surface area contributed by atoms with E-state index in [1.807, 2.05) is 18.2 Å². The number of benzene rings is 2. The maximum atomic E-state index is 9.39. The number of hydrogen-bond donors (Lipinski definition) is 2. The van der Waals surface area contributed by atoms with Crippen LogP contribution < -0.4 is 5.32 Å². The molecule has 0 saturated carbocycles. The summed E-state index contributed by atoms with van der Waals surface area (Å²) in [4.78, 5) is 0. The van der Waals surface area contributed by atoms with Crippen molar-refractivity contribution >= 4 is 22.5 Å². The molecule has 0 amide bonds. The minimum absolute atomic E-state index is 0.338. The number of para-hydroxylation sites is 1. The molecule has 1 heterocycles. The standard InChI is InChI=1S/C19H21ClN2O/c1-14(23)10-21-11-16-13-22(19-8-3-2-7-18(16)19)12-15-5-4-6-17(20)9-15/h2-9,13-14,21,23H,10-12H2,1H3/t14-/m1/s1. The zero-order chi connectivity index (χ0) is 16.2. The Morgan fingerprint density at radius 2 is 2.00 bits per heavy atom. The first-order chi connectivity index (χ1) is 11.1. The monoisotopic (exact) mass is 328 g/mol. The van der Waals surface area contributed by atoms with Crippen molar-refractivity contribution in [3.63, 3.8) is 0 Å². The van der Waals surface area contributed by atoms with Crippen LogP contribution in [-0.4, -0.2) is 22.3 Å². The van der Waals surface area contributed by atoms with Crippen molar-refractivity contribution in [1.82, 2.24) is 9.88 Å². The molecule has 0 fully saturated rings. The zero-order valence-corrected chi connectivity index (χ0v) is 13.9. The summed E-state index contributed by atoms with van der Waals surface area (Å²) in [6, 6.07) is 16.4. The zero-order valence-electron chi connectivity index (χ0n) is 13.2. The molecule has 0 aliphatic carbocycles. The summed E-state index contributed by atoms with van der Waals surface area (Å²) in [5, 5.41) is 14.7. The lowest BCUT2D eigenvalue weighted by Gasteiger charge is -2.06. The van der Waals surface area contributed by atoms with Crippen LogP contribution in [0.5, 0.6) is 0 Å². The minimum Gasteiger partial charge on any atom is -0.392 e. The summed E-state index contributed by atoms with van der Waals surface area (Å²) >= 11 is 6.09. The Morgan fingerprint density at radius 3 is 2.78 bits per heavy atom. The summed E-state index contributed by atoms with van der Waals surface area (Å²) in [7, 11) is 0. The fourth-order valence-corrected chi connectivity index (χ4v) is 3.06. The number of fused-ring (bicyclic) bond motifs is 1. The number of rotatable bonds is 6. The van der Waals surface area contributed by atoms with Crippen LogP contribution in [0.4, 0.5) is 0 Å². The first-order valence-corrected chi connectivity index (χ1v) is 8.21. The lowest BCUT2D eigenvalue weighted by atomic mass is 10.2. The number of aromatic nitrogens is 1. The summed E-state index contributed by atoms with van der Waals surface area (Å²) in [6.45, 7) is 3.91. The number of halogens is 1. The van der Waals surface area contributed by atoms with Gasteiger partial charge < -0.3 is 15.0 Å². The highest BCUT2D eigenvalue weighted by Crippen LogP contribution is 2.23. The van der Waals surface area contributed by atoms with Gasteiger partial charge >= 0.3 is 0 Å². The third-order valence-electron chi connectivity index (χ3n) is 3.87. The van der Waals surface area contributed by atoms with E-state index in [0.717, 1.165) is 18.1 Å². The van der Waals surface area contributed by atoms with Gasteiger partial charge in [0.15, 0.2) is 0 Å². The molecule has 23 heavy (non-hydrogen) atoms. The average molecular weight is 329 g/mol. The summed E-state index contributed by atoms with van der Waals surface area (Å²) < 4.78 is 2.25. The second-order valence-corrected chi connectivity index (χ2v) is 6.35. The molecule has 3 nitrogen and oxygen atoms in total. The molecule has 4 heteroatoms. The molecule has 1 atom stereocenters. The van der Waals surface area contributed by atoms with Crippen LogP contribution in [0.25, 0.3) is 10.9 Å².